The molecular weight excluding hydrogens is 352 g/mol. The second kappa shape index (κ2) is 7.98. The molecule has 1 aromatic carbocycles. The minimum atomic E-state index is -1.01. The standard InChI is InChI=1S/C17H18N6O2S/c18-14(16(24)25)9-11-2-1-3-12(8-11)10-26-17-22-21-15(23(17)19)13-4-6-20-7-5-13/h1-8,14H,9-10,18-19H2,(H,24,25). The number of aromatic nitrogens is 4. The number of benzene rings is 1. The molecule has 3 aromatic rings. The molecule has 0 saturated heterocycles. The summed E-state index contributed by atoms with van der Waals surface area (Å²) in [6.07, 6.45) is 3.63. The molecule has 5 N–H and O–H groups in total. The van der Waals surface area contributed by atoms with E-state index in [0.717, 1.165) is 16.7 Å². The minimum absolute atomic E-state index is 0.285. The Bertz CT molecular complexity index is 899. The van der Waals surface area contributed by atoms with Crippen LogP contribution < -0.4 is 11.6 Å². The van der Waals surface area contributed by atoms with Gasteiger partial charge >= 0.3 is 5.97 Å². The molecule has 0 saturated carbocycles. The fraction of sp³-hybridized carbons (Fsp3) is 0.176. The third-order valence-electron chi connectivity index (χ3n) is 3.74. The molecule has 26 heavy (non-hydrogen) atoms. The number of thioether (sulfide) groups is 1. The lowest BCUT2D eigenvalue weighted by Crippen LogP contribution is -2.32. The highest BCUT2D eigenvalue weighted by molar-refractivity contribution is 7.98. The van der Waals surface area contributed by atoms with Gasteiger partial charge in [-0.1, -0.05) is 36.0 Å². The summed E-state index contributed by atoms with van der Waals surface area (Å²) in [5.74, 6) is 6.28. The molecule has 0 bridgehead atoms. The van der Waals surface area contributed by atoms with E-state index in [2.05, 4.69) is 15.2 Å². The highest BCUT2D eigenvalue weighted by atomic mass is 32.2. The van der Waals surface area contributed by atoms with E-state index in [1.54, 1.807) is 12.4 Å². The number of hydrogen-bond acceptors (Lipinski definition) is 7. The highest BCUT2D eigenvalue weighted by Crippen LogP contribution is 2.24. The maximum absolute atomic E-state index is 10.9. The Kier molecular flexibility index (Phi) is 5.49. The minimum Gasteiger partial charge on any atom is -0.480 e. The molecular formula is C17H18N6O2S. The molecule has 0 aliphatic rings. The first-order valence-corrected chi connectivity index (χ1v) is 8.83. The third-order valence-corrected chi connectivity index (χ3v) is 4.75. The predicted molar refractivity (Wildman–Crippen MR) is 98.7 cm³/mol. The lowest BCUT2D eigenvalue weighted by molar-refractivity contribution is -0.138. The van der Waals surface area contributed by atoms with Gasteiger partial charge in [-0.3, -0.25) is 9.78 Å². The molecule has 3 rings (SSSR count). The average Bonchev–Trinajstić information content (AvgIpc) is 3.01. The lowest BCUT2D eigenvalue weighted by atomic mass is 10.0. The van der Waals surface area contributed by atoms with Crippen molar-refractivity contribution in [3.8, 4) is 11.4 Å². The summed E-state index contributed by atoms with van der Waals surface area (Å²) in [7, 11) is 0. The Morgan fingerprint density at radius 3 is 2.65 bits per heavy atom. The number of aliphatic carboxylic acids is 1. The lowest BCUT2D eigenvalue weighted by Gasteiger charge is -2.08. The number of nitrogen functional groups attached to an aromatic ring is 1. The van der Waals surface area contributed by atoms with Gasteiger partial charge in [0.1, 0.15) is 6.04 Å². The van der Waals surface area contributed by atoms with Gasteiger partial charge in [0.15, 0.2) is 5.82 Å². The highest BCUT2D eigenvalue weighted by Gasteiger charge is 2.14. The first-order valence-electron chi connectivity index (χ1n) is 7.84. The molecule has 0 amide bonds. The van der Waals surface area contributed by atoms with E-state index in [-0.39, 0.29) is 6.42 Å². The first kappa shape index (κ1) is 17.9. The van der Waals surface area contributed by atoms with Crippen LogP contribution >= 0.6 is 11.8 Å². The Morgan fingerprint density at radius 2 is 1.92 bits per heavy atom. The predicted octanol–water partition coefficient (Wildman–Crippen LogP) is 1.30. The molecule has 1 unspecified atom stereocenters. The second-order valence-corrected chi connectivity index (χ2v) is 6.61. The average molecular weight is 370 g/mol. The molecule has 0 aliphatic carbocycles. The largest absolute Gasteiger partial charge is 0.480 e. The number of carbonyl (C=O) groups is 1. The van der Waals surface area contributed by atoms with Crippen LogP contribution in [0.1, 0.15) is 11.1 Å². The van der Waals surface area contributed by atoms with Gasteiger partial charge in [-0.25, -0.2) is 4.68 Å². The molecule has 0 spiro atoms. The molecule has 0 fully saturated rings. The van der Waals surface area contributed by atoms with Gasteiger partial charge in [0, 0.05) is 23.7 Å². The molecule has 134 valence electrons. The molecule has 9 heteroatoms. The number of rotatable bonds is 7. The number of nitrogens with two attached hydrogens (primary N) is 2. The third kappa shape index (κ3) is 4.19. The maximum Gasteiger partial charge on any atom is 0.320 e. The Balaban J connectivity index is 1.68. The molecule has 2 aromatic heterocycles. The van der Waals surface area contributed by atoms with Crippen molar-refractivity contribution in [3.63, 3.8) is 0 Å². The number of pyridine rings is 1. The molecule has 1 atom stereocenters. The van der Waals surface area contributed by atoms with Crippen LogP contribution in [0.5, 0.6) is 0 Å². The van der Waals surface area contributed by atoms with Gasteiger partial charge in [-0.05, 0) is 29.7 Å². The second-order valence-electron chi connectivity index (χ2n) is 5.67. The van der Waals surface area contributed by atoms with Crippen molar-refractivity contribution >= 4 is 17.7 Å². The zero-order valence-electron chi connectivity index (χ0n) is 13.8. The first-order chi connectivity index (χ1) is 12.5. The van der Waals surface area contributed by atoms with Crippen molar-refractivity contribution < 1.29 is 9.90 Å². The van der Waals surface area contributed by atoms with E-state index in [9.17, 15) is 4.79 Å². The maximum atomic E-state index is 10.9. The van der Waals surface area contributed by atoms with Gasteiger partial charge in [0.2, 0.25) is 5.16 Å². The Labute approximate surface area is 154 Å². The quantitative estimate of drug-likeness (QED) is 0.419. The summed E-state index contributed by atoms with van der Waals surface area (Å²) in [5.41, 5.74) is 8.34. The van der Waals surface area contributed by atoms with Gasteiger partial charge in [-0.15, -0.1) is 10.2 Å². The summed E-state index contributed by atoms with van der Waals surface area (Å²) in [6, 6.07) is 10.4. The zero-order chi connectivity index (χ0) is 18.5. The van der Waals surface area contributed by atoms with Crippen LogP contribution in [-0.4, -0.2) is 37.0 Å². The van der Waals surface area contributed by atoms with Crippen molar-refractivity contribution in [2.75, 3.05) is 5.84 Å². The van der Waals surface area contributed by atoms with Crippen molar-refractivity contribution in [3.05, 3.63) is 59.9 Å². The topological polar surface area (TPSA) is 133 Å². The number of carboxylic acid groups (broad SMARTS) is 1. The molecule has 0 aliphatic heterocycles. The molecule has 0 radical (unpaired) electrons. The van der Waals surface area contributed by atoms with Crippen LogP contribution in [0.2, 0.25) is 0 Å². The summed E-state index contributed by atoms with van der Waals surface area (Å²) in [4.78, 5) is 14.9. The number of nitrogens with zero attached hydrogens (tertiary/aromatic N) is 4. The van der Waals surface area contributed by atoms with E-state index in [1.165, 1.54) is 16.4 Å². The summed E-state index contributed by atoms with van der Waals surface area (Å²) in [5, 5.41) is 17.8. The number of hydrogen-bond donors (Lipinski definition) is 3. The molecule has 8 nitrogen and oxygen atoms in total. The van der Waals surface area contributed by atoms with Crippen molar-refractivity contribution in [2.24, 2.45) is 5.73 Å². The van der Waals surface area contributed by atoms with Crippen LogP contribution in [0.3, 0.4) is 0 Å². The van der Waals surface area contributed by atoms with Crippen LogP contribution in [0, 0.1) is 0 Å². The summed E-state index contributed by atoms with van der Waals surface area (Å²) < 4.78 is 1.45. The van der Waals surface area contributed by atoms with Gasteiger partial charge < -0.3 is 16.7 Å². The van der Waals surface area contributed by atoms with Crippen LogP contribution in [-0.2, 0) is 17.0 Å². The van der Waals surface area contributed by atoms with Crippen LogP contribution in [0.4, 0.5) is 0 Å². The van der Waals surface area contributed by atoms with Crippen molar-refractivity contribution in [2.45, 2.75) is 23.4 Å². The Morgan fingerprint density at radius 1 is 1.19 bits per heavy atom. The van der Waals surface area contributed by atoms with Gasteiger partial charge in [0.25, 0.3) is 0 Å². The normalized spacial score (nSPS) is 12.0. The fourth-order valence-corrected chi connectivity index (χ4v) is 3.21. The fourth-order valence-electron chi connectivity index (χ4n) is 2.41. The monoisotopic (exact) mass is 370 g/mol. The van der Waals surface area contributed by atoms with E-state index in [4.69, 9.17) is 16.7 Å². The van der Waals surface area contributed by atoms with Gasteiger partial charge in [-0.2, -0.15) is 0 Å². The van der Waals surface area contributed by atoms with E-state index in [0.29, 0.717) is 16.7 Å². The van der Waals surface area contributed by atoms with Gasteiger partial charge in [0.05, 0.1) is 0 Å². The van der Waals surface area contributed by atoms with E-state index < -0.39 is 12.0 Å². The molecule has 2 heterocycles. The Hall–Kier alpha value is -2.91. The van der Waals surface area contributed by atoms with Crippen molar-refractivity contribution in [1.29, 1.82) is 0 Å². The number of carboxylic acids is 1. The van der Waals surface area contributed by atoms with Crippen LogP contribution in [0.25, 0.3) is 11.4 Å². The zero-order valence-corrected chi connectivity index (χ0v) is 14.6. The smallest absolute Gasteiger partial charge is 0.320 e. The van der Waals surface area contributed by atoms with E-state index in [1.807, 2.05) is 36.4 Å². The SMILES string of the molecule is NC(Cc1cccc(CSc2nnc(-c3ccncc3)n2N)c1)C(=O)O. The van der Waals surface area contributed by atoms with Crippen molar-refractivity contribution in [1.82, 2.24) is 19.9 Å². The summed E-state index contributed by atoms with van der Waals surface area (Å²) >= 11 is 1.45. The summed E-state index contributed by atoms with van der Waals surface area (Å²) in [6.45, 7) is 0. The van der Waals surface area contributed by atoms with E-state index >= 15 is 0 Å². The van der Waals surface area contributed by atoms with Crippen LogP contribution in [0.15, 0.2) is 53.9 Å².